The zero-order valence-electron chi connectivity index (χ0n) is 8.46. The maximum atomic E-state index is 5.30. The first-order valence-electron chi connectivity index (χ1n) is 4.67. The molecular formula is C10H15BrN2O. The molecule has 0 bridgehead atoms. The van der Waals surface area contributed by atoms with Gasteiger partial charge in [0.1, 0.15) is 0 Å². The highest BCUT2D eigenvalue weighted by molar-refractivity contribution is 9.10. The monoisotopic (exact) mass is 258 g/mol. The number of nitrogens with zero attached hydrogens (tertiary/aromatic N) is 1. The molecule has 0 spiro atoms. The van der Waals surface area contributed by atoms with Crippen LogP contribution in [0.25, 0.3) is 0 Å². The molecule has 78 valence electrons. The molecule has 0 saturated heterocycles. The van der Waals surface area contributed by atoms with Crippen molar-refractivity contribution in [3.63, 3.8) is 0 Å². The van der Waals surface area contributed by atoms with Crippen molar-refractivity contribution < 1.29 is 4.74 Å². The third-order valence-corrected chi connectivity index (χ3v) is 2.12. The van der Waals surface area contributed by atoms with Gasteiger partial charge in [-0.15, -0.1) is 0 Å². The highest BCUT2D eigenvalue weighted by Crippen LogP contribution is 2.14. The van der Waals surface area contributed by atoms with Crippen LogP contribution < -0.4 is 5.32 Å². The molecule has 0 fully saturated rings. The second-order valence-corrected chi connectivity index (χ2v) is 4.01. The van der Waals surface area contributed by atoms with Gasteiger partial charge in [0.05, 0.1) is 18.5 Å². The third-order valence-electron chi connectivity index (χ3n) is 1.69. The van der Waals surface area contributed by atoms with E-state index in [1.54, 1.807) is 12.4 Å². The normalized spacial score (nSPS) is 12.5. The number of pyridine rings is 1. The summed E-state index contributed by atoms with van der Waals surface area (Å²) in [5.74, 6) is 0. The van der Waals surface area contributed by atoms with E-state index < -0.39 is 0 Å². The number of anilines is 1. The molecule has 4 heteroatoms. The minimum atomic E-state index is 0.297. The summed E-state index contributed by atoms with van der Waals surface area (Å²) in [4.78, 5) is 4.07. The van der Waals surface area contributed by atoms with Gasteiger partial charge < -0.3 is 10.1 Å². The zero-order chi connectivity index (χ0) is 10.4. The largest absolute Gasteiger partial charge is 0.380 e. The van der Waals surface area contributed by atoms with Crippen molar-refractivity contribution in [2.24, 2.45) is 0 Å². The zero-order valence-corrected chi connectivity index (χ0v) is 10.0. The van der Waals surface area contributed by atoms with Crippen LogP contribution in [0.4, 0.5) is 5.69 Å². The number of nitrogens with one attached hydrogen (secondary N) is 1. The van der Waals surface area contributed by atoms with Gasteiger partial charge in [-0.05, 0) is 35.8 Å². The highest BCUT2D eigenvalue weighted by atomic mass is 79.9. The summed E-state index contributed by atoms with van der Waals surface area (Å²) in [7, 11) is 0. The van der Waals surface area contributed by atoms with Crippen molar-refractivity contribution >= 4 is 21.6 Å². The summed E-state index contributed by atoms with van der Waals surface area (Å²) in [5, 5.41) is 3.30. The molecule has 1 heterocycles. The van der Waals surface area contributed by atoms with E-state index in [2.05, 4.69) is 33.2 Å². The number of aromatic nitrogens is 1. The van der Waals surface area contributed by atoms with Gasteiger partial charge in [-0.2, -0.15) is 0 Å². The Bertz CT molecular complexity index is 281. The molecule has 1 N–H and O–H groups in total. The number of hydrogen-bond acceptors (Lipinski definition) is 3. The molecule has 1 atom stereocenters. The van der Waals surface area contributed by atoms with Crippen LogP contribution in [0, 0.1) is 0 Å². The first-order valence-corrected chi connectivity index (χ1v) is 5.46. The van der Waals surface area contributed by atoms with Gasteiger partial charge in [-0.25, -0.2) is 0 Å². The van der Waals surface area contributed by atoms with E-state index in [0.29, 0.717) is 12.6 Å². The Kier molecular flexibility index (Phi) is 4.90. The van der Waals surface area contributed by atoms with E-state index in [1.165, 1.54) is 0 Å². The van der Waals surface area contributed by atoms with Gasteiger partial charge >= 0.3 is 0 Å². The molecule has 0 aliphatic rings. The lowest BCUT2D eigenvalue weighted by atomic mass is 10.3. The average Bonchev–Trinajstić information content (AvgIpc) is 2.15. The van der Waals surface area contributed by atoms with E-state index in [9.17, 15) is 0 Å². The summed E-state index contributed by atoms with van der Waals surface area (Å²) >= 11 is 3.37. The minimum absolute atomic E-state index is 0.297. The van der Waals surface area contributed by atoms with Crippen LogP contribution in [0.5, 0.6) is 0 Å². The molecule has 0 radical (unpaired) electrons. The molecule has 3 nitrogen and oxygen atoms in total. The van der Waals surface area contributed by atoms with Gasteiger partial charge in [0, 0.05) is 23.3 Å². The van der Waals surface area contributed by atoms with Gasteiger partial charge in [-0.1, -0.05) is 0 Å². The fourth-order valence-electron chi connectivity index (χ4n) is 1.11. The third kappa shape index (κ3) is 4.07. The molecule has 1 aromatic rings. The lowest BCUT2D eigenvalue weighted by molar-refractivity contribution is 0.141. The number of ether oxygens (including phenoxy) is 1. The molecule has 1 aromatic heterocycles. The van der Waals surface area contributed by atoms with Crippen LogP contribution in [-0.2, 0) is 4.74 Å². The van der Waals surface area contributed by atoms with Crippen LogP contribution in [-0.4, -0.2) is 24.2 Å². The Balaban J connectivity index is 2.43. The average molecular weight is 259 g/mol. The fourth-order valence-corrected chi connectivity index (χ4v) is 1.48. The van der Waals surface area contributed by atoms with Crippen molar-refractivity contribution in [1.82, 2.24) is 4.98 Å². The Hall–Kier alpha value is -0.610. The predicted octanol–water partition coefficient (Wildman–Crippen LogP) is 2.68. The van der Waals surface area contributed by atoms with Crippen molar-refractivity contribution in [1.29, 1.82) is 0 Å². The smallest absolute Gasteiger partial charge is 0.0664 e. The highest BCUT2D eigenvalue weighted by Gasteiger charge is 2.01. The molecular weight excluding hydrogens is 244 g/mol. The standard InChI is InChI=1S/C10H15BrN2O/c1-3-14-7-8(2)13-10-4-9(11)5-12-6-10/h4-6,8,13H,3,7H2,1-2H3. The fraction of sp³-hybridized carbons (Fsp3) is 0.500. The second-order valence-electron chi connectivity index (χ2n) is 3.10. The topological polar surface area (TPSA) is 34.1 Å². The van der Waals surface area contributed by atoms with E-state index in [-0.39, 0.29) is 0 Å². The van der Waals surface area contributed by atoms with Crippen LogP contribution in [0.15, 0.2) is 22.9 Å². The van der Waals surface area contributed by atoms with E-state index >= 15 is 0 Å². The van der Waals surface area contributed by atoms with Gasteiger partial charge in [0.25, 0.3) is 0 Å². The molecule has 0 aromatic carbocycles. The van der Waals surface area contributed by atoms with Crippen molar-refractivity contribution in [2.45, 2.75) is 19.9 Å². The summed E-state index contributed by atoms with van der Waals surface area (Å²) in [5.41, 5.74) is 1.01. The molecule has 0 aliphatic heterocycles. The maximum absolute atomic E-state index is 5.30. The predicted molar refractivity (Wildman–Crippen MR) is 61.5 cm³/mol. The Morgan fingerprint density at radius 3 is 3.00 bits per heavy atom. The minimum Gasteiger partial charge on any atom is -0.380 e. The Labute approximate surface area is 93.0 Å². The van der Waals surface area contributed by atoms with E-state index in [0.717, 1.165) is 16.8 Å². The summed E-state index contributed by atoms with van der Waals surface area (Å²) < 4.78 is 6.28. The van der Waals surface area contributed by atoms with Crippen molar-refractivity contribution in [3.8, 4) is 0 Å². The number of hydrogen-bond donors (Lipinski definition) is 1. The van der Waals surface area contributed by atoms with Gasteiger partial charge in [-0.3, -0.25) is 4.98 Å². The summed E-state index contributed by atoms with van der Waals surface area (Å²) in [6.45, 7) is 5.54. The molecule has 1 unspecified atom stereocenters. The van der Waals surface area contributed by atoms with Crippen LogP contribution >= 0.6 is 15.9 Å². The molecule has 1 rings (SSSR count). The van der Waals surface area contributed by atoms with Crippen LogP contribution in [0.2, 0.25) is 0 Å². The summed E-state index contributed by atoms with van der Waals surface area (Å²) in [6.07, 6.45) is 3.56. The quantitative estimate of drug-likeness (QED) is 0.882. The Morgan fingerprint density at radius 1 is 1.57 bits per heavy atom. The van der Waals surface area contributed by atoms with Crippen molar-refractivity contribution in [3.05, 3.63) is 22.9 Å². The van der Waals surface area contributed by atoms with E-state index in [4.69, 9.17) is 4.74 Å². The molecule has 14 heavy (non-hydrogen) atoms. The van der Waals surface area contributed by atoms with Crippen LogP contribution in [0.1, 0.15) is 13.8 Å². The molecule has 0 amide bonds. The maximum Gasteiger partial charge on any atom is 0.0664 e. The van der Waals surface area contributed by atoms with Crippen LogP contribution in [0.3, 0.4) is 0 Å². The summed E-state index contributed by atoms with van der Waals surface area (Å²) in [6, 6.07) is 2.29. The Morgan fingerprint density at radius 2 is 2.36 bits per heavy atom. The van der Waals surface area contributed by atoms with E-state index in [1.807, 2.05) is 13.0 Å². The van der Waals surface area contributed by atoms with Gasteiger partial charge in [0.15, 0.2) is 0 Å². The first kappa shape index (κ1) is 11.5. The number of halogens is 1. The van der Waals surface area contributed by atoms with Crippen molar-refractivity contribution in [2.75, 3.05) is 18.5 Å². The first-order chi connectivity index (χ1) is 6.72. The SMILES string of the molecule is CCOCC(C)Nc1cncc(Br)c1. The lowest BCUT2D eigenvalue weighted by Gasteiger charge is -2.14. The molecule has 0 saturated carbocycles. The van der Waals surface area contributed by atoms with Gasteiger partial charge in [0.2, 0.25) is 0 Å². The molecule has 0 aliphatic carbocycles. The lowest BCUT2D eigenvalue weighted by Crippen LogP contribution is -2.21. The number of rotatable bonds is 5. The second kappa shape index (κ2) is 5.98.